The highest BCUT2D eigenvalue weighted by Gasteiger charge is 2.37. The van der Waals surface area contributed by atoms with Crippen LogP contribution < -0.4 is 9.64 Å². The number of halogens is 3. The normalized spacial score (nSPS) is 15.0. The van der Waals surface area contributed by atoms with Crippen LogP contribution in [0.4, 0.5) is 5.82 Å². The van der Waals surface area contributed by atoms with Gasteiger partial charge in [0.1, 0.15) is 29.6 Å². The van der Waals surface area contributed by atoms with Gasteiger partial charge in [-0.25, -0.2) is 9.48 Å². The molecule has 5 rings (SSSR count). The third-order valence-electron chi connectivity index (χ3n) is 7.35. The van der Waals surface area contributed by atoms with E-state index >= 15 is 0 Å². The number of rotatable bonds is 8. The first-order chi connectivity index (χ1) is 19.5. The van der Waals surface area contributed by atoms with Crippen LogP contribution in [0.15, 0.2) is 47.0 Å². The minimum atomic E-state index is -1.15. The van der Waals surface area contributed by atoms with Crippen molar-refractivity contribution in [3.05, 3.63) is 80.1 Å². The van der Waals surface area contributed by atoms with Crippen molar-refractivity contribution >= 4 is 46.6 Å². The number of piperidine rings is 1. The molecule has 41 heavy (non-hydrogen) atoms. The number of hydrogen-bond donors (Lipinski definition) is 2. The summed E-state index contributed by atoms with van der Waals surface area (Å²) in [6.45, 7) is 6.83. The number of aromatic nitrogens is 3. The Balaban J connectivity index is 1.30. The molecule has 216 valence electrons. The van der Waals surface area contributed by atoms with Crippen LogP contribution in [0.3, 0.4) is 0 Å². The highest BCUT2D eigenvalue weighted by molar-refractivity contribution is 6.39. The van der Waals surface area contributed by atoms with Gasteiger partial charge in [0.15, 0.2) is 5.69 Å². The van der Waals surface area contributed by atoms with E-state index in [1.54, 1.807) is 54.1 Å². The highest BCUT2D eigenvalue weighted by atomic mass is 35.5. The number of benzene rings is 2. The second kappa shape index (κ2) is 11.6. The van der Waals surface area contributed by atoms with Crippen LogP contribution in [-0.4, -0.2) is 44.2 Å². The molecule has 4 aromatic rings. The Morgan fingerprint density at radius 3 is 2.39 bits per heavy atom. The van der Waals surface area contributed by atoms with Crippen molar-refractivity contribution in [1.82, 2.24) is 14.9 Å². The largest absolute Gasteiger partial charge is 0.489 e. The number of anilines is 1. The first kappa shape index (κ1) is 29.3. The van der Waals surface area contributed by atoms with E-state index in [9.17, 15) is 15.0 Å². The summed E-state index contributed by atoms with van der Waals surface area (Å²) in [6.07, 6.45) is 0.806. The monoisotopic (exact) mass is 618 g/mol. The van der Waals surface area contributed by atoms with Crippen molar-refractivity contribution in [3.8, 4) is 17.0 Å². The Morgan fingerprint density at radius 2 is 1.78 bits per heavy atom. The maximum Gasteiger partial charge on any atom is 0.356 e. The summed E-state index contributed by atoms with van der Waals surface area (Å²) in [7, 11) is 0. The number of carboxylic acids is 1. The lowest BCUT2D eigenvalue weighted by Gasteiger charge is -2.40. The van der Waals surface area contributed by atoms with E-state index in [1.165, 1.54) is 0 Å². The molecule has 2 aromatic heterocycles. The fourth-order valence-electron chi connectivity index (χ4n) is 5.08. The van der Waals surface area contributed by atoms with Gasteiger partial charge in [-0.2, -0.15) is 5.10 Å². The van der Waals surface area contributed by atoms with Gasteiger partial charge in [-0.15, -0.1) is 0 Å². The molecule has 0 atom stereocenters. The number of carbonyl (C=O) groups is 1. The molecule has 0 aliphatic carbocycles. The van der Waals surface area contributed by atoms with Crippen molar-refractivity contribution in [2.75, 3.05) is 18.0 Å². The highest BCUT2D eigenvalue weighted by Crippen LogP contribution is 2.41. The van der Waals surface area contributed by atoms with E-state index in [-0.39, 0.29) is 18.3 Å². The van der Waals surface area contributed by atoms with Crippen LogP contribution in [0.1, 0.15) is 60.1 Å². The zero-order valence-electron chi connectivity index (χ0n) is 22.7. The minimum Gasteiger partial charge on any atom is -0.489 e. The number of nitrogens with zero attached hydrogens (tertiary/aromatic N) is 4. The molecule has 0 unspecified atom stereocenters. The molecule has 1 aliphatic heterocycles. The molecule has 2 N–H and O–H groups in total. The predicted octanol–water partition coefficient (Wildman–Crippen LogP) is 7.15. The summed E-state index contributed by atoms with van der Waals surface area (Å²) >= 11 is 19.4. The molecule has 1 fully saturated rings. The van der Waals surface area contributed by atoms with Crippen molar-refractivity contribution < 1.29 is 24.3 Å². The van der Waals surface area contributed by atoms with E-state index in [1.807, 2.05) is 18.7 Å². The standard InChI is InChI=1S/C29H29Cl3N4O5/c1-16(2)36-25(14-24(33-36)28(37)38)35-11-9-29(39,10-12-35)20-8-7-18(13-23(20)32)40-15-19-17(3)41-34-27(19)26-21(30)5-4-6-22(26)31/h4-8,13-14,16,39H,9-12,15H2,1-3H3,(H,37,38). The zero-order chi connectivity index (χ0) is 29.5. The molecule has 12 heteroatoms. The summed E-state index contributed by atoms with van der Waals surface area (Å²) in [4.78, 5) is 13.5. The Hall–Kier alpha value is -3.24. The summed E-state index contributed by atoms with van der Waals surface area (Å²) in [5.74, 6) is 0.736. The number of hydrogen-bond acceptors (Lipinski definition) is 7. The van der Waals surface area contributed by atoms with Gasteiger partial charge in [0.2, 0.25) is 0 Å². The molecule has 9 nitrogen and oxygen atoms in total. The SMILES string of the molecule is Cc1onc(-c2c(Cl)cccc2Cl)c1COc1ccc(C2(O)CCN(c3cc(C(=O)O)nn3C(C)C)CC2)c(Cl)c1. The quantitative estimate of drug-likeness (QED) is 0.214. The van der Waals surface area contributed by atoms with Gasteiger partial charge in [0.05, 0.1) is 26.2 Å². The second-order valence-corrected chi connectivity index (χ2v) is 11.6. The maximum absolute atomic E-state index is 11.6. The Labute approximate surface area is 252 Å². The molecule has 1 saturated heterocycles. The van der Waals surface area contributed by atoms with Crippen molar-refractivity contribution in [3.63, 3.8) is 0 Å². The van der Waals surface area contributed by atoms with Crippen LogP contribution in [0.25, 0.3) is 11.3 Å². The lowest BCUT2D eigenvalue weighted by molar-refractivity contribution is 0.0115. The Morgan fingerprint density at radius 1 is 1.10 bits per heavy atom. The van der Waals surface area contributed by atoms with Gasteiger partial charge in [-0.05, 0) is 57.9 Å². The van der Waals surface area contributed by atoms with Gasteiger partial charge >= 0.3 is 5.97 Å². The van der Waals surface area contributed by atoms with E-state index in [0.29, 0.717) is 74.9 Å². The van der Waals surface area contributed by atoms with Crippen molar-refractivity contribution in [1.29, 1.82) is 0 Å². The minimum absolute atomic E-state index is 0.00310. The van der Waals surface area contributed by atoms with E-state index < -0.39 is 11.6 Å². The van der Waals surface area contributed by atoms with Crippen LogP contribution in [0.5, 0.6) is 5.75 Å². The van der Waals surface area contributed by atoms with Crippen LogP contribution >= 0.6 is 34.8 Å². The second-order valence-electron chi connectivity index (χ2n) is 10.3. The number of aromatic carboxylic acids is 1. The maximum atomic E-state index is 11.6. The third-order valence-corrected chi connectivity index (χ3v) is 8.29. The number of carboxylic acid groups (broad SMARTS) is 1. The molecule has 3 heterocycles. The summed E-state index contributed by atoms with van der Waals surface area (Å²) < 4.78 is 13.2. The fourth-order valence-corrected chi connectivity index (χ4v) is 6.00. The van der Waals surface area contributed by atoms with Gasteiger partial charge in [0, 0.05) is 36.3 Å². The molecule has 0 amide bonds. The lowest BCUT2D eigenvalue weighted by Crippen LogP contribution is -2.43. The molecule has 2 aromatic carbocycles. The van der Waals surface area contributed by atoms with Gasteiger partial charge < -0.3 is 24.4 Å². The zero-order valence-corrected chi connectivity index (χ0v) is 25.0. The third kappa shape index (κ3) is 5.77. The molecule has 0 bridgehead atoms. The van der Waals surface area contributed by atoms with Crippen molar-refractivity contribution in [2.45, 2.75) is 51.9 Å². The topological polar surface area (TPSA) is 114 Å². The van der Waals surface area contributed by atoms with Gasteiger partial charge in [-0.3, -0.25) is 0 Å². The summed E-state index contributed by atoms with van der Waals surface area (Å²) in [6, 6.07) is 12.0. The van der Waals surface area contributed by atoms with E-state index in [4.69, 9.17) is 44.1 Å². The summed E-state index contributed by atoms with van der Waals surface area (Å²) in [5.41, 5.74) is 1.25. The smallest absolute Gasteiger partial charge is 0.356 e. The Bertz CT molecular complexity index is 1570. The van der Waals surface area contributed by atoms with Gasteiger partial charge in [-0.1, -0.05) is 52.1 Å². The number of aliphatic hydroxyl groups is 1. The number of ether oxygens (including phenoxy) is 1. The Kier molecular flexibility index (Phi) is 8.25. The predicted molar refractivity (Wildman–Crippen MR) is 157 cm³/mol. The first-order valence-corrected chi connectivity index (χ1v) is 14.2. The summed E-state index contributed by atoms with van der Waals surface area (Å²) in [5, 5.41) is 30.6. The number of aryl methyl sites for hydroxylation is 1. The molecule has 0 spiro atoms. The van der Waals surface area contributed by atoms with Crippen LogP contribution in [0.2, 0.25) is 15.1 Å². The average Bonchev–Trinajstić information content (AvgIpc) is 3.52. The van der Waals surface area contributed by atoms with Crippen LogP contribution in [-0.2, 0) is 12.2 Å². The fraction of sp³-hybridized carbons (Fsp3) is 0.345. The van der Waals surface area contributed by atoms with Crippen LogP contribution in [0, 0.1) is 6.92 Å². The van der Waals surface area contributed by atoms with E-state index in [0.717, 1.165) is 5.82 Å². The first-order valence-electron chi connectivity index (χ1n) is 13.1. The lowest BCUT2D eigenvalue weighted by atomic mass is 9.84. The molecule has 0 saturated carbocycles. The molecule has 0 radical (unpaired) electrons. The molecule has 1 aliphatic rings. The van der Waals surface area contributed by atoms with E-state index in [2.05, 4.69) is 10.3 Å². The van der Waals surface area contributed by atoms with Crippen molar-refractivity contribution in [2.24, 2.45) is 0 Å². The molecular weight excluding hydrogens is 591 g/mol. The average molecular weight is 620 g/mol. The van der Waals surface area contributed by atoms with Gasteiger partial charge in [0.25, 0.3) is 0 Å². The molecular formula is C29H29Cl3N4O5.